The fourth-order valence-electron chi connectivity index (χ4n) is 2.91. The van der Waals surface area contributed by atoms with Crippen molar-refractivity contribution >= 4 is 23.2 Å². The molecule has 22 heavy (non-hydrogen) atoms. The number of hydrogen-bond acceptors (Lipinski definition) is 4. The predicted octanol–water partition coefficient (Wildman–Crippen LogP) is 2.11. The van der Waals surface area contributed by atoms with Crippen LogP contribution in [0.3, 0.4) is 0 Å². The minimum atomic E-state index is -0.285. The Balaban J connectivity index is 1.58. The number of hydrogen-bond donors (Lipinski definition) is 1. The van der Waals surface area contributed by atoms with Crippen molar-refractivity contribution in [3.05, 3.63) is 16.1 Å². The predicted molar refractivity (Wildman–Crippen MR) is 85.4 cm³/mol. The Bertz CT molecular complexity index is 553. The minimum absolute atomic E-state index is 0.0260. The Hall–Kier alpha value is -1.43. The van der Waals surface area contributed by atoms with Crippen molar-refractivity contribution in [3.63, 3.8) is 0 Å². The van der Waals surface area contributed by atoms with E-state index in [1.807, 2.05) is 10.3 Å². The van der Waals surface area contributed by atoms with E-state index < -0.39 is 0 Å². The van der Waals surface area contributed by atoms with Gasteiger partial charge in [0.1, 0.15) is 11.0 Å². The second-order valence-corrected chi connectivity index (χ2v) is 7.06. The molecule has 1 aliphatic carbocycles. The largest absolute Gasteiger partial charge is 0.348 e. The highest BCUT2D eigenvalue weighted by Gasteiger charge is 2.39. The number of amides is 2. The number of rotatable bonds is 5. The maximum Gasteiger partial charge on any atom is 0.243 e. The molecule has 0 bridgehead atoms. The summed E-state index contributed by atoms with van der Waals surface area (Å²) < 4.78 is 0. The second-order valence-electron chi connectivity index (χ2n) is 6.12. The van der Waals surface area contributed by atoms with Crippen LogP contribution in [0.25, 0.3) is 0 Å². The highest BCUT2D eigenvalue weighted by atomic mass is 32.1. The normalized spacial score (nSPS) is 21.7. The van der Waals surface area contributed by atoms with Crippen LogP contribution in [0, 0.1) is 5.92 Å². The van der Waals surface area contributed by atoms with Crippen molar-refractivity contribution in [2.75, 3.05) is 6.54 Å². The number of piperidine rings is 1. The highest BCUT2D eigenvalue weighted by Crippen LogP contribution is 2.33. The summed E-state index contributed by atoms with van der Waals surface area (Å²) in [5, 5.41) is 5.93. The van der Waals surface area contributed by atoms with Crippen LogP contribution < -0.4 is 5.32 Å². The Morgan fingerprint density at radius 1 is 1.36 bits per heavy atom. The van der Waals surface area contributed by atoms with Gasteiger partial charge in [0, 0.05) is 17.8 Å². The number of aryl methyl sites for hydroxylation is 1. The molecule has 1 aromatic heterocycles. The first-order chi connectivity index (χ1) is 10.7. The molecule has 2 heterocycles. The van der Waals surface area contributed by atoms with Gasteiger partial charge in [-0.2, -0.15) is 0 Å². The number of aromatic nitrogens is 1. The van der Waals surface area contributed by atoms with Gasteiger partial charge in [0.2, 0.25) is 11.8 Å². The summed E-state index contributed by atoms with van der Waals surface area (Å²) in [6, 6.07) is -0.285. The van der Waals surface area contributed by atoms with E-state index >= 15 is 0 Å². The third-order valence-corrected chi connectivity index (χ3v) is 5.29. The van der Waals surface area contributed by atoms with Gasteiger partial charge in [-0.3, -0.25) is 9.59 Å². The summed E-state index contributed by atoms with van der Waals surface area (Å²) in [5.74, 6) is 0.337. The van der Waals surface area contributed by atoms with E-state index in [4.69, 9.17) is 0 Å². The van der Waals surface area contributed by atoms with Gasteiger partial charge in [0.05, 0.1) is 12.2 Å². The SMILES string of the molecule is CCc1csc(CNC(=O)C2CCCCN2C(=O)C2CC2)n1. The Labute approximate surface area is 135 Å². The Kier molecular flexibility index (Phi) is 4.76. The molecule has 0 spiro atoms. The molecule has 1 aromatic rings. The average molecular weight is 321 g/mol. The zero-order valence-electron chi connectivity index (χ0n) is 13.0. The molecule has 2 amide bonds. The summed E-state index contributed by atoms with van der Waals surface area (Å²) >= 11 is 1.58. The Morgan fingerprint density at radius 2 is 2.18 bits per heavy atom. The lowest BCUT2D eigenvalue weighted by Crippen LogP contribution is -2.52. The first kappa shape index (κ1) is 15.5. The maximum absolute atomic E-state index is 12.5. The quantitative estimate of drug-likeness (QED) is 0.903. The van der Waals surface area contributed by atoms with Crippen LogP contribution in [-0.4, -0.2) is 34.3 Å². The third-order valence-electron chi connectivity index (χ3n) is 4.39. The summed E-state index contributed by atoms with van der Waals surface area (Å²) in [6.07, 6.45) is 5.70. The number of carbonyl (C=O) groups is 2. The van der Waals surface area contributed by atoms with Gasteiger partial charge >= 0.3 is 0 Å². The van der Waals surface area contributed by atoms with Gasteiger partial charge in [-0.05, 0) is 38.5 Å². The monoisotopic (exact) mass is 321 g/mol. The maximum atomic E-state index is 12.5. The molecule has 0 radical (unpaired) electrons. The summed E-state index contributed by atoms with van der Waals surface area (Å²) in [5.41, 5.74) is 1.07. The molecule has 2 fully saturated rings. The fourth-order valence-corrected chi connectivity index (χ4v) is 3.72. The van der Waals surface area contributed by atoms with E-state index in [1.165, 1.54) is 0 Å². The van der Waals surface area contributed by atoms with Gasteiger partial charge in [0.25, 0.3) is 0 Å². The van der Waals surface area contributed by atoms with Crippen molar-refractivity contribution in [1.29, 1.82) is 0 Å². The van der Waals surface area contributed by atoms with Gasteiger partial charge in [-0.15, -0.1) is 11.3 Å². The van der Waals surface area contributed by atoms with E-state index in [1.54, 1.807) is 11.3 Å². The molecule has 0 aromatic carbocycles. The minimum Gasteiger partial charge on any atom is -0.348 e. The molecule has 1 saturated heterocycles. The van der Waals surface area contributed by atoms with E-state index in [0.717, 1.165) is 55.8 Å². The molecular formula is C16H23N3O2S. The molecule has 120 valence electrons. The van der Waals surface area contributed by atoms with Crippen molar-refractivity contribution in [1.82, 2.24) is 15.2 Å². The zero-order valence-corrected chi connectivity index (χ0v) is 13.8. The topological polar surface area (TPSA) is 62.3 Å². The molecule has 1 atom stereocenters. The second kappa shape index (κ2) is 6.77. The van der Waals surface area contributed by atoms with Crippen molar-refractivity contribution < 1.29 is 9.59 Å². The molecule has 5 nitrogen and oxygen atoms in total. The molecule has 2 aliphatic rings. The number of nitrogens with zero attached hydrogens (tertiary/aromatic N) is 2. The first-order valence-corrected chi connectivity index (χ1v) is 9.08. The van der Waals surface area contributed by atoms with Gasteiger partial charge in [0.15, 0.2) is 0 Å². The van der Waals surface area contributed by atoms with Crippen LogP contribution in [0.15, 0.2) is 5.38 Å². The van der Waals surface area contributed by atoms with E-state index in [0.29, 0.717) is 6.54 Å². The number of likely N-dealkylation sites (tertiary alicyclic amines) is 1. The van der Waals surface area contributed by atoms with Crippen molar-refractivity contribution in [2.24, 2.45) is 5.92 Å². The van der Waals surface area contributed by atoms with Gasteiger partial charge in [-0.25, -0.2) is 4.98 Å². The third kappa shape index (κ3) is 3.48. The van der Waals surface area contributed by atoms with Crippen molar-refractivity contribution in [2.45, 2.75) is 58.0 Å². The van der Waals surface area contributed by atoms with Gasteiger partial charge in [-0.1, -0.05) is 6.92 Å². The smallest absolute Gasteiger partial charge is 0.243 e. The molecule has 1 saturated carbocycles. The van der Waals surface area contributed by atoms with Gasteiger partial charge < -0.3 is 10.2 Å². The van der Waals surface area contributed by atoms with E-state index in [2.05, 4.69) is 17.2 Å². The average Bonchev–Trinajstić information content (AvgIpc) is 3.30. The van der Waals surface area contributed by atoms with Crippen LogP contribution in [-0.2, 0) is 22.6 Å². The molecule has 1 N–H and O–H groups in total. The lowest BCUT2D eigenvalue weighted by Gasteiger charge is -2.34. The van der Waals surface area contributed by atoms with E-state index in [9.17, 15) is 9.59 Å². The Morgan fingerprint density at radius 3 is 2.86 bits per heavy atom. The van der Waals surface area contributed by atoms with Crippen LogP contribution in [0.1, 0.15) is 49.7 Å². The summed E-state index contributed by atoms with van der Waals surface area (Å²) in [7, 11) is 0. The standard InChI is InChI=1S/C16H23N3O2S/c1-2-12-10-22-14(18-12)9-17-15(20)13-5-3-4-8-19(13)16(21)11-6-7-11/h10-11,13H,2-9H2,1H3,(H,17,20). The zero-order chi connectivity index (χ0) is 15.5. The highest BCUT2D eigenvalue weighted by molar-refractivity contribution is 7.09. The van der Waals surface area contributed by atoms with Crippen LogP contribution in [0.4, 0.5) is 0 Å². The van der Waals surface area contributed by atoms with Crippen LogP contribution >= 0.6 is 11.3 Å². The molecule has 6 heteroatoms. The first-order valence-electron chi connectivity index (χ1n) is 8.20. The lowest BCUT2D eigenvalue weighted by atomic mass is 10.0. The molecule has 1 unspecified atom stereocenters. The van der Waals surface area contributed by atoms with Crippen LogP contribution in [0.2, 0.25) is 0 Å². The van der Waals surface area contributed by atoms with Crippen molar-refractivity contribution in [3.8, 4) is 0 Å². The fraction of sp³-hybridized carbons (Fsp3) is 0.688. The number of nitrogens with one attached hydrogen (secondary N) is 1. The molecule has 1 aliphatic heterocycles. The number of carbonyl (C=O) groups excluding carboxylic acids is 2. The summed E-state index contributed by atoms with van der Waals surface area (Å²) in [4.78, 5) is 31.1. The molecular weight excluding hydrogens is 298 g/mol. The summed E-state index contributed by atoms with van der Waals surface area (Å²) in [6.45, 7) is 3.26. The number of thiazole rings is 1. The van der Waals surface area contributed by atoms with Crippen LogP contribution in [0.5, 0.6) is 0 Å². The van der Waals surface area contributed by atoms with E-state index in [-0.39, 0.29) is 23.8 Å². The molecule has 3 rings (SSSR count). The lowest BCUT2D eigenvalue weighted by molar-refractivity contribution is -0.143.